The minimum absolute atomic E-state index is 0.209. The predicted octanol–water partition coefficient (Wildman–Crippen LogP) is 0.982. The smallest absolute Gasteiger partial charge is 0.230 e. The van der Waals surface area contributed by atoms with Gasteiger partial charge in [0.05, 0.1) is 5.41 Å². The maximum atomic E-state index is 12.0. The van der Waals surface area contributed by atoms with Crippen LogP contribution in [0.15, 0.2) is 0 Å². The van der Waals surface area contributed by atoms with Crippen molar-refractivity contribution in [2.75, 3.05) is 13.6 Å². The number of carbonyl (C=O) groups excluding carboxylic acids is 1. The van der Waals surface area contributed by atoms with Crippen LogP contribution < -0.4 is 5.73 Å². The van der Waals surface area contributed by atoms with Crippen molar-refractivity contribution in [3.05, 3.63) is 0 Å². The lowest BCUT2D eigenvalue weighted by molar-refractivity contribution is -0.146. The zero-order chi connectivity index (χ0) is 10.1. The average molecular weight is 184 g/mol. The maximum Gasteiger partial charge on any atom is 0.230 e. The number of carbonyl (C=O) groups is 1. The van der Waals surface area contributed by atoms with Gasteiger partial charge in [-0.1, -0.05) is 6.42 Å². The molecule has 1 rings (SSSR count). The summed E-state index contributed by atoms with van der Waals surface area (Å²) in [6, 6.07) is 0.275. The third-order valence-corrected chi connectivity index (χ3v) is 3.25. The summed E-state index contributed by atoms with van der Waals surface area (Å²) in [5, 5.41) is 0. The molecule has 76 valence electrons. The van der Waals surface area contributed by atoms with Crippen molar-refractivity contribution < 1.29 is 4.79 Å². The molecule has 0 spiro atoms. The molecule has 0 bridgehead atoms. The van der Waals surface area contributed by atoms with Crippen LogP contribution in [0.2, 0.25) is 0 Å². The van der Waals surface area contributed by atoms with E-state index in [1.54, 1.807) is 0 Å². The molecule has 0 aliphatic heterocycles. The van der Waals surface area contributed by atoms with Gasteiger partial charge < -0.3 is 10.6 Å². The van der Waals surface area contributed by atoms with Gasteiger partial charge in [-0.2, -0.15) is 0 Å². The van der Waals surface area contributed by atoms with Crippen molar-refractivity contribution in [3.63, 3.8) is 0 Å². The molecule has 1 aliphatic rings. The summed E-state index contributed by atoms with van der Waals surface area (Å²) in [4.78, 5) is 13.8. The Kier molecular flexibility index (Phi) is 2.96. The number of nitrogens with two attached hydrogens (primary N) is 1. The highest BCUT2D eigenvalue weighted by Gasteiger charge is 2.44. The highest BCUT2D eigenvalue weighted by molar-refractivity contribution is 5.83. The van der Waals surface area contributed by atoms with E-state index in [2.05, 4.69) is 0 Å². The maximum absolute atomic E-state index is 12.0. The summed E-state index contributed by atoms with van der Waals surface area (Å²) in [5.41, 5.74) is 5.45. The summed E-state index contributed by atoms with van der Waals surface area (Å²) in [6.07, 6.45) is 3.09. The molecule has 0 aromatic carbocycles. The quantitative estimate of drug-likeness (QED) is 0.710. The van der Waals surface area contributed by atoms with Crippen molar-refractivity contribution in [3.8, 4) is 0 Å². The molecule has 1 fully saturated rings. The highest BCUT2D eigenvalue weighted by Crippen LogP contribution is 2.41. The Hall–Kier alpha value is -0.570. The van der Waals surface area contributed by atoms with E-state index in [1.807, 2.05) is 25.8 Å². The van der Waals surface area contributed by atoms with Crippen LogP contribution in [0.4, 0.5) is 0 Å². The van der Waals surface area contributed by atoms with Crippen LogP contribution in [0, 0.1) is 5.41 Å². The second-order valence-electron chi connectivity index (χ2n) is 4.35. The predicted molar refractivity (Wildman–Crippen MR) is 53.2 cm³/mol. The van der Waals surface area contributed by atoms with E-state index in [4.69, 9.17) is 5.73 Å². The molecule has 0 aromatic heterocycles. The molecule has 13 heavy (non-hydrogen) atoms. The van der Waals surface area contributed by atoms with Crippen molar-refractivity contribution >= 4 is 5.91 Å². The van der Waals surface area contributed by atoms with Gasteiger partial charge in [0, 0.05) is 19.6 Å². The Morgan fingerprint density at radius 3 is 2.31 bits per heavy atom. The van der Waals surface area contributed by atoms with E-state index in [-0.39, 0.29) is 17.4 Å². The third kappa shape index (κ3) is 1.70. The normalized spacial score (nSPS) is 19.8. The molecule has 3 heteroatoms. The van der Waals surface area contributed by atoms with Gasteiger partial charge in [0.15, 0.2) is 0 Å². The van der Waals surface area contributed by atoms with Gasteiger partial charge in [-0.05, 0) is 26.7 Å². The lowest BCUT2D eigenvalue weighted by atomic mass is 9.68. The number of rotatable bonds is 3. The lowest BCUT2D eigenvalue weighted by Gasteiger charge is -2.42. The fourth-order valence-electron chi connectivity index (χ4n) is 1.72. The van der Waals surface area contributed by atoms with Crippen molar-refractivity contribution in [2.24, 2.45) is 11.1 Å². The second kappa shape index (κ2) is 3.66. The third-order valence-electron chi connectivity index (χ3n) is 3.25. The molecule has 0 atom stereocenters. The summed E-state index contributed by atoms with van der Waals surface area (Å²) in [6.45, 7) is 4.56. The van der Waals surface area contributed by atoms with Crippen molar-refractivity contribution in [2.45, 2.75) is 39.2 Å². The molecule has 2 N–H and O–H groups in total. The van der Waals surface area contributed by atoms with Crippen LogP contribution in [0.25, 0.3) is 0 Å². The van der Waals surface area contributed by atoms with Crippen LogP contribution in [-0.2, 0) is 4.79 Å². The summed E-state index contributed by atoms with van der Waals surface area (Å²) in [7, 11) is 1.86. The van der Waals surface area contributed by atoms with Crippen LogP contribution in [0.5, 0.6) is 0 Å². The molecule has 0 unspecified atom stereocenters. The molecule has 1 aliphatic carbocycles. The summed E-state index contributed by atoms with van der Waals surface area (Å²) < 4.78 is 0. The first-order valence-corrected chi connectivity index (χ1v) is 5.01. The molecular formula is C10H20N2O. The van der Waals surface area contributed by atoms with E-state index in [1.165, 1.54) is 0 Å². The van der Waals surface area contributed by atoms with Gasteiger partial charge in [-0.3, -0.25) is 4.79 Å². The Morgan fingerprint density at radius 2 is 2.08 bits per heavy atom. The SMILES string of the molecule is CC(C)N(C)C(=O)C1(CN)CCC1. The zero-order valence-electron chi connectivity index (χ0n) is 8.84. The molecule has 0 saturated heterocycles. The Balaban J connectivity index is 2.65. The van der Waals surface area contributed by atoms with E-state index in [9.17, 15) is 4.79 Å². The number of hydrogen-bond donors (Lipinski definition) is 1. The summed E-state index contributed by atoms with van der Waals surface area (Å²) >= 11 is 0. The topological polar surface area (TPSA) is 46.3 Å². The minimum atomic E-state index is -0.209. The Bertz CT molecular complexity index is 192. The first kappa shape index (κ1) is 10.5. The van der Waals surface area contributed by atoms with E-state index >= 15 is 0 Å². The zero-order valence-corrected chi connectivity index (χ0v) is 8.84. The average Bonchev–Trinajstić information content (AvgIpc) is 2.01. The monoisotopic (exact) mass is 184 g/mol. The Labute approximate surface area is 80.3 Å². The van der Waals surface area contributed by atoms with Gasteiger partial charge in [-0.25, -0.2) is 0 Å². The molecule has 1 saturated carbocycles. The van der Waals surface area contributed by atoms with Crippen LogP contribution in [0.1, 0.15) is 33.1 Å². The van der Waals surface area contributed by atoms with Gasteiger partial charge in [0.2, 0.25) is 5.91 Å². The minimum Gasteiger partial charge on any atom is -0.343 e. The molecule has 3 nitrogen and oxygen atoms in total. The van der Waals surface area contributed by atoms with E-state index in [0.717, 1.165) is 19.3 Å². The van der Waals surface area contributed by atoms with Crippen LogP contribution >= 0.6 is 0 Å². The fourth-order valence-corrected chi connectivity index (χ4v) is 1.72. The van der Waals surface area contributed by atoms with Gasteiger partial charge in [0.25, 0.3) is 0 Å². The van der Waals surface area contributed by atoms with Crippen molar-refractivity contribution in [1.82, 2.24) is 4.90 Å². The molecule has 0 radical (unpaired) electrons. The highest BCUT2D eigenvalue weighted by atomic mass is 16.2. The largest absolute Gasteiger partial charge is 0.343 e. The first-order chi connectivity index (χ1) is 6.03. The van der Waals surface area contributed by atoms with Gasteiger partial charge >= 0.3 is 0 Å². The van der Waals surface area contributed by atoms with Gasteiger partial charge in [-0.15, -0.1) is 0 Å². The van der Waals surface area contributed by atoms with Crippen molar-refractivity contribution in [1.29, 1.82) is 0 Å². The van der Waals surface area contributed by atoms with Gasteiger partial charge in [0.1, 0.15) is 0 Å². The number of hydrogen-bond acceptors (Lipinski definition) is 2. The first-order valence-electron chi connectivity index (χ1n) is 5.01. The molecular weight excluding hydrogens is 164 g/mol. The lowest BCUT2D eigenvalue weighted by Crippen LogP contribution is -2.52. The second-order valence-corrected chi connectivity index (χ2v) is 4.35. The standard InChI is InChI=1S/C10H20N2O/c1-8(2)12(3)9(13)10(7-11)5-4-6-10/h8H,4-7,11H2,1-3H3. The molecule has 0 aromatic rings. The molecule has 1 amide bonds. The number of nitrogens with zero attached hydrogens (tertiary/aromatic N) is 1. The fraction of sp³-hybridized carbons (Fsp3) is 0.900. The van der Waals surface area contributed by atoms with Crippen LogP contribution in [-0.4, -0.2) is 30.4 Å². The summed E-state index contributed by atoms with van der Waals surface area (Å²) in [5.74, 6) is 0.233. The number of amides is 1. The van der Waals surface area contributed by atoms with E-state index in [0.29, 0.717) is 6.54 Å². The molecule has 0 heterocycles. The van der Waals surface area contributed by atoms with E-state index < -0.39 is 0 Å². The Morgan fingerprint density at radius 1 is 1.54 bits per heavy atom. The van der Waals surface area contributed by atoms with Crippen LogP contribution in [0.3, 0.4) is 0 Å².